The van der Waals surface area contributed by atoms with Crippen molar-refractivity contribution in [3.05, 3.63) is 137 Å². The van der Waals surface area contributed by atoms with E-state index < -0.39 is 0 Å². The van der Waals surface area contributed by atoms with Gasteiger partial charge in [0.15, 0.2) is 0 Å². The predicted molar refractivity (Wildman–Crippen MR) is 198 cm³/mol. The van der Waals surface area contributed by atoms with E-state index in [0.29, 0.717) is 0 Å². The molecule has 1 aliphatic rings. The molecule has 4 aromatic rings. The summed E-state index contributed by atoms with van der Waals surface area (Å²) in [7, 11) is 0. The second-order valence-corrected chi connectivity index (χ2v) is 15.3. The van der Waals surface area contributed by atoms with Crippen LogP contribution in [0.2, 0.25) is 0 Å². The minimum absolute atomic E-state index is 0.960. The van der Waals surface area contributed by atoms with Gasteiger partial charge in [-0.3, -0.25) is 19.6 Å². The fourth-order valence-electron chi connectivity index (χ4n) is 5.60. The first-order valence-electron chi connectivity index (χ1n) is 15.3. The fraction of sp³-hybridized carbons (Fsp3) is 0.333. The van der Waals surface area contributed by atoms with E-state index in [1.165, 1.54) is 22.3 Å². The topological polar surface area (TPSA) is 13.0 Å². The zero-order valence-corrected chi connectivity index (χ0v) is 31.4. The molecule has 44 heavy (non-hydrogen) atoms. The van der Waals surface area contributed by atoms with Gasteiger partial charge in [0.05, 0.1) is 0 Å². The third-order valence-corrected chi connectivity index (χ3v) is 10.3. The van der Waals surface area contributed by atoms with Crippen molar-refractivity contribution in [2.45, 2.75) is 26.2 Å². The molecule has 0 radical (unpaired) electrons. The number of benzene rings is 4. The summed E-state index contributed by atoms with van der Waals surface area (Å²) >= 11 is 14.4. The molecule has 0 aromatic heterocycles. The predicted octanol–water partition coefficient (Wildman–Crippen LogP) is 9.06. The van der Waals surface area contributed by atoms with E-state index in [-0.39, 0.29) is 0 Å². The molecule has 0 N–H and O–H groups in total. The Hall–Kier alpha value is -1.36. The Bertz CT molecular complexity index is 1170. The molecule has 0 amide bonds. The Labute approximate surface area is 296 Å². The second-order valence-electron chi connectivity index (χ2n) is 11.6. The molecule has 0 atom stereocenters. The molecule has 1 heterocycles. The number of halogens is 4. The Balaban J connectivity index is 1.36. The lowest BCUT2D eigenvalue weighted by molar-refractivity contribution is 0.122. The molecule has 1 fully saturated rings. The molecule has 1 saturated heterocycles. The first-order valence-corrected chi connectivity index (χ1v) is 18.4. The molecule has 5 rings (SSSR count). The fourth-order valence-corrected chi connectivity index (χ4v) is 6.66. The zero-order valence-electron chi connectivity index (χ0n) is 25.0. The Morgan fingerprint density at radius 2 is 0.455 bits per heavy atom. The number of rotatable bonds is 8. The highest BCUT2D eigenvalue weighted by Gasteiger charge is 2.18. The molecule has 0 unspecified atom stereocenters. The van der Waals surface area contributed by atoms with E-state index >= 15 is 0 Å². The SMILES string of the molecule is Brc1ccc(CN2CCN(Cc3ccc(Br)cc3)CCN(Cc3ccc(Br)cc3)CCN(Cc3ccc(Br)cc3)CC2)cc1. The van der Waals surface area contributed by atoms with E-state index in [1.807, 2.05) is 0 Å². The minimum atomic E-state index is 0.960. The Morgan fingerprint density at radius 1 is 0.295 bits per heavy atom. The summed E-state index contributed by atoms with van der Waals surface area (Å²) in [6.07, 6.45) is 0. The minimum Gasteiger partial charge on any atom is -0.297 e. The molecule has 0 saturated carbocycles. The highest BCUT2D eigenvalue weighted by atomic mass is 79.9. The largest absolute Gasteiger partial charge is 0.297 e. The highest BCUT2D eigenvalue weighted by Crippen LogP contribution is 2.18. The smallest absolute Gasteiger partial charge is 0.0234 e. The molecule has 232 valence electrons. The third kappa shape index (κ3) is 11.5. The summed E-state index contributed by atoms with van der Waals surface area (Å²) in [6.45, 7) is 12.1. The van der Waals surface area contributed by atoms with Gasteiger partial charge < -0.3 is 0 Å². The first kappa shape index (κ1) is 34.0. The van der Waals surface area contributed by atoms with E-state index in [1.54, 1.807) is 0 Å². The standard InChI is InChI=1S/C36H40Br4N4/c37-33-9-1-29(2-10-33)25-41-17-19-42(26-30-3-11-34(38)12-4-30)21-23-44(28-32-7-15-36(40)16-8-32)24-22-43(20-18-41)27-31-5-13-35(39)14-6-31/h1-16H,17-28H2. The van der Waals surface area contributed by atoms with Gasteiger partial charge in [-0.2, -0.15) is 0 Å². The average Bonchev–Trinajstić information content (AvgIpc) is 3.02. The molecule has 4 aromatic carbocycles. The number of nitrogens with zero attached hydrogens (tertiary/aromatic N) is 4. The quantitative estimate of drug-likeness (QED) is 0.176. The maximum Gasteiger partial charge on any atom is 0.0234 e. The average molecular weight is 848 g/mol. The summed E-state index contributed by atoms with van der Waals surface area (Å²) in [5.41, 5.74) is 5.44. The van der Waals surface area contributed by atoms with Crippen molar-refractivity contribution in [2.24, 2.45) is 0 Å². The Kier molecular flexibility index (Phi) is 13.5. The molecule has 0 spiro atoms. The lowest BCUT2D eigenvalue weighted by Gasteiger charge is -2.34. The second kappa shape index (κ2) is 17.5. The molecule has 1 aliphatic heterocycles. The maximum absolute atomic E-state index is 3.61. The molecular weight excluding hydrogens is 808 g/mol. The summed E-state index contributed by atoms with van der Waals surface area (Å²) in [6, 6.07) is 35.3. The van der Waals surface area contributed by atoms with Crippen LogP contribution in [-0.2, 0) is 26.2 Å². The van der Waals surface area contributed by atoms with Crippen LogP contribution in [-0.4, -0.2) is 72.0 Å². The van der Waals surface area contributed by atoms with E-state index in [0.717, 1.165) is 96.4 Å². The lowest BCUT2D eigenvalue weighted by atomic mass is 10.1. The molecule has 8 heteroatoms. The number of hydrogen-bond donors (Lipinski definition) is 0. The van der Waals surface area contributed by atoms with Gasteiger partial charge in [0.25, 0.3) is 0 Å². The van der Waals surface area contributed by atoms with Crippen molar-refractivity contribution in [2.75, 3.05) is 52.4 Å². The third-order valence-electron chi connectivity index (χ3n) is 8.21. The highest BCUT2D eigenvalue weighted by molar-refractivity contribution is 9.11. The van der Waals surface area contributed by atoms with E-state index in [2.05, 4.69) is 180 Å². The van der Waals surface area contributed by atoms with Gasteiger partial charge in [0.2, 0.25) is 0 Å². The summed E-state index contributed by atoms with van der Waals surface area (Å²) in [5, 5.41) is 0. The van der Waals surface area contributed by atoms with Gasteiger partial charge in [0.1, 0.15) is 0 Å². The lowest BCUT2D eigenvalue weighted by Crippen LogP contribution is -2.45. The summed E-state index contributed by atoms with van der Waals surface area (Å²) < 4.78 is 4.51. The van der Waals surface area contributed by atoms with Gasteiger partial charge in [-0.1, -0.05) is 112 Å². The van der Waals surface area contributed by atoms with Crippen LogP contribution in [0.1, 0.15) is 22.3 Å². The van der Waals surface area contributed by atoms with Crippen molar-refractivity contribution in [1.82, 2.24) is 19.6 Å². The van der Waals surface area contributed by atoms with Gasteiger partial charge in [-0.05, 0) is 70.8 Å². The summed E-state index contributed by atoms with van der Waals surface area (Å²) in [4.78, 5) is 10.6. The van der Waals surface area contributed by atoms with Crippen LogP contribution in [0.15, 0.2) is 115 Å². The van der Waals surface area contributed by atoms with E-state index in [9.17, 15) is 0 Å². The molecule has 0 aliphatic carbocycles. The zero-order chi connectivity index (χ0) is 30.7. The van der Waals surface area contributed by atoms with Crippen LogP contribution in [0.4, 0.5) is 0 Å². The van der Waals surface area contributed by atoms with Crippen molar-refractivity contribution in [1.29, 1.82) is 0 Å². The summed E-state index contributed by atoms with van der Waals surface area (Å²) in [5.74, 6) is 0. The van der Waals surface area contributed by atoms with Crippen molar-refractivity contribution >= 4 is 63.7 Å². The van der Waals surface area contributed by atoms with E-state index in [4.69, 9.17) is 0 Å². The van der Waals surface area contributed by atoms with Crippen molar-refractivity contribution in [3.8, 4) is 0 Å². The van der Waals surface area contributed by atoms with Crippen LogP contribution in [0, 0.1) is 0 Å². The van der Waals surface area contributed by atoms with Gasteiger partial charge in [-0.15, -0.1) is 0 Å². The van der Waals surface area contributed by atoms with Crippen LogP contribution in [0.25, 0.3) is 0 Å². The molecule has 4 nitrogen and oxygen atoms in total. The van der Waals surface area contributed by atoms with Crippen molar-refractivity contribution in [3.63, 3.8) is 0 Å². The normalized spacial score (nSPS) is 16.8. The monoisotopic (exact) mass is 844 g/mol. The van der Waals surface area contributed by atoms with Crippen LogP contribution < -0.4 is 0 Å². The van der Waals surface area contributed by atoms with Crippen LogP contribution in [0.5, 0.6) is 0 Å². The van der Waals surface area contributed by atoms with Crippen LogP contribution in [0.3, 0.4) is 0 Å². The van der Waals surface area contributed by atoms with Gasteiger partial charge in [0, 0.05) is 96.4 Å². The van der Waals surface area contributed by atoms with Crippen LogP contribution >= 0.6 is 63.7 Å². The van der Waals surface area contributed by atoms with Crippen molar-refractivity contribution < 1.29 is 0 Å². The molecule has 0 bridgehead atoms. The van der Waals surface area contributed by atoms with Gasteiger partial charge in [-0.25, -0.2) is 0 Å². The first-order chi connectivity index (χ1) is 21.4. The maximum atomic E-state index is 3.61. The molecular formula is C36H40Br4N4. The Morgan fingerprint density at radius 3 is 0.614 bits per heavy atom. The number of hydrogen-bond acceptors (Lipinski definition) is 4. The van der Waals surface area contributed by atoms with Gasteiger partial charge >= 0.3 is 0 Å².